The average Bonchev–Trinajstić information content (AvgIpc) is 2.78. The van der Waals surface area contributed by atoms with Crippen LogP contribution in [-0.2, 0) is 16.2 Å². The van der Waals surface area contributed by atoms with E-state index in [0.29, 0.717) is 28.6 Å². The topological polar surface area (TPSA) is 75.7 Å². The van der Waals surface area contributed by atoms with Crippen LogP contribution in [0.2, 0.25) is 5.02 Å². The van der Waals surface area contributed by atoms with Crippen molar-refractivity contribution < 1.29 is 19.1 Å². The summed E-state index contributed by atoms with van der Waals surface area (Å²) in [6.07, 6.45) is 1.40. The number of amides is 4. The number of nitrogens with one attached hydrogen (secondary N) is 1. The monoisotopic (exact) mass is 460 g/mol. The molecular formula is C26H21ClN2O4. The molecule has 1 aliphatic heterocycles. The predicted octanol–water partition coefficient (Wildman–Crippen LogP) is 5.20. The molecule has 3 aromatic rings. The lowest BCUT2D eigenvalue weighted by atomic mass is 10.0. The minimum absolute atomic E-state index is 0.193. The maximum atomic E-state index is 13.3. The van der Waals surface area contributed by atoms with Gasteiger partial charge < -0.3 is 4.74 Å². The Morgan fingerprint density at radius 2 is 1.73 bits per heavy atom. The fourth-order valence-electron chi connectivity index (χ4n) is 3.59. The first-order valence-corrected chi connectivity index (χ1v) is 10.7. The number of hydrogen-bond acceptors (Lipinski definition) is 4. The molecule has 0 bridgehead atoms. The lowest BCUT2D eigenvalue weighted by Gasteiger charge is -2.27. The van der Waals surface area contributed by atoms with E-state index in [-0.39, 0.29) is 5.57 Å². The van der Waals surface area contributed by atoms with Crippen LogP contribution in [-0.4, -0.2) is 17.8 Å². The number of aryl methyl sites for hydroxylation is 2. The van der Waals surface area contributed by atoms with Crippen LogP contribution in [0.4, 0.5) is 10.5 Å². The largest absolute Gasteiger partial charge is 0.488 e. The molecule has 3 aromatic carbocycles. The zero-order chi connectivity index (χ0) is 23.5. The molecule has 33 heavy (non-hydrogen) atoms. The second kappa shape index (κ2) is 9.30. The van der Waals surface area contributed by atoms with Gasteiger partial charge in [-0.1, -0.05) is 59.6 Å². The number of benzene rings is 3. The fourth-order valence-corrected chi connectivity index (χ4v) is 3.77. The summed E-state index contributed by atoms with van der Waals surface area (Å²) in [5, 5.41) is 2.66. The van der Waals surface area contributed by atoms with Crippen LogP contribution >= 0.6 is 11.6 Å². The molecular weight excluding hydrogens is 440 g/mol. The number of hydrogen-bond donors (Lipinski definition) is 1. The quantitative estimate of drug-likeness (QED) is 0.419. The van der Waals surface area contributed by atoms with Crippen LogP contribution in [0.1, 0.15) is 22.3 Å². The Balaban J connectivity index is 1.70. The number of barbiturate groups is 1. The van der Waals surface area contributed by atoms with Crippen LogP contribution in [0.25, 0.3) is 6.08 Å². The highest BCUT2D eigenvalue weighted by Gasteiger charge is 2.37. The average molecular weight is 461 g/mol. The van der Waals surface area contributed by atoms with Gasteiger partial charge in [0.05, 0.1) is 5.69 Å². The summed E-state index contributed by atoms with van der Waals surface area (Å²) in [6, 6.07) is 19.1. The van der Waals surface area contributed by atoms with Crippen molar-refractivity contribution in [3.05, 3.63) is 99.6 Å². The molecule has 7 heteroatoms. The summed E-state index contributed by atoms with van der Waals surface area (Å²) in [6.45, 7) is 4.01. The van der Waals surface area contributed by atoms with Crippen LogP contribution in [0.3, 0.4) is 0 Å². The van der Waals surface area contributed by atoms with Gasteiger partial charge in [0.25, 0.3) is 11.8 Å². The van der Waals surface area contributed by atoms with Gasteiger partial charge in [0, 0.05) is 10.6 Å². The Morgan fingerprint density at radius 1 is 0.970 bits per heavy atom. The molecule has 1 aliphatic rings. The van der Waals surface area contributed by atoms with Gasteiger partial charge in [0.2, 0.25) is 0 Å². The molecule has 166 valence electrons. The van der Waals surface area contributed by atoms with Crippen molar-refractivity contribution in [3.63, 3.8) is 0 Å². The van der Waals surface area contributed by atoms with Crippen molar-refractivity contribution in [2.45, 2.75) is 20.5 Å². The van der Waals surface area contributed by atoms with Gasteiger partial charge in [-0.25, -0.2) is 9.69 Å². The highest BCUT2D eigenvalue weighted by molar-refractivity contribution is 6.39. The number of halogens is 1. The minimum Gasteiger partial charge on any atom is -0.488 e. The van der Waals surface area contributed by atoms with Crippen LogP contribution in [0.5, 0.6) is 5.75 Å². The van der Waals surface area contributed by atoms with E-state index in [4.69, 9.17) is 16.3 Å². The number of anilines is 1. The molecule has 0 aliphatic carbocycles. The zero-order valence-corrected chi connectivity index (χ0v) is 18.8. The Morgan fingerprint density at radius 3 is 2.45 bits per heavy atom. The molecule has 4 amide bonds. The Bertz CT molecular complexity index is 1280. The predicted molar refractivity (Wildman–Crippen MR) is 127 cm³/mol. The van der Waals surface area contributed by atoms with Crippen molar-refractivity contribution in [3.8, 4) is 5.75 Å². The third kappa shape index (κ3) is 4.81. The lowest BCUT2D eigenvalue weighted by molar-refractivity contribution is -0.122. The van der Waals surface area contributed by atoms with E-state index < -0.39 is 17.8 Å². The van der Waals surface area contributed by atoms with Gasteiger partial charge in [0.1, 0.15) is 17.9 Å². The summed E-state index contributed by atoms with van der Waals surface area (Å²) < 4.78 is 5.93. The zero-order valence-electron chi connectivity index (χ0n) is 18.1. The number of nitrogens with zero attached hydrogens (tertiary/aromatic N) is 1. The molecule has 1 saturated heterocycles. The van der Waals surface area contributed by atoms with Crippen molar-refractivity contribution in [2.75, 3.05) is 4.90 Å². The number of ether oxygens (including phenoxy) is 1. The number of urea groups is 1. The normalized spacial score (nSPS) is 15.1. The lowest BCUT2D eigenvalue weighted by Crippen LogP contribution is -2.54. The third-order valence-electron chi connectivity index (χ3n) is 5.20. The van der Waals surface area contributed by atoms with E-state index in [9.17, 15) is 14.4 Å². The molecule has 1 fully saturated rings. The highest BCUT2D eigenvalue weighted by Crippen LogP contribution is 2.29. The number of rotatable bonds is 5. The van der Waals surface area contributed by atoms with E-state index in [1.54, 1.807) is 37.3 Å². The Hall–Kier alpha value is -3.90. The van der Waals surface area contributed by atoms with Gasteiger partial charge in [-0.2, -0.15) is 0 Å². The number of carbonyl (C=O) groups excluding carboxylic acids is 3. The molecule has 1 heterocycles. The molecule has 0 unspecified atom stereocenters. The summed E-state index contributed by atoms with van der Waals surface area (Å²) >= 11 is 6.17. The summed E-state index contributed by atoms with van der Waals surface area (Å²) in [5.41, 5.74) is 3.36. The molecule has 1 N–H and O–H groups in total. The van der Waals surface area contributed by atoms with Crippen molar-refractivity contribution in [1.82, 2.24) is 5.32 Å². The minimum atomic E-state index is -0.791. The SMILES string of the molecule is Cc1ccc(N2C(=O)NC(=O)/C(=C\c3cc(Cl)ccc3OCc3ccccc3)C2=O)c(C)c1. The Kier molecular flexibility index (Phi) is 6.29. The van der Waals surface area contributed by atoms with E-state index in [1.807, 2.05) is 43.3 Å². The van der Waals surface area contributed by atoms with Crippen LogP contribution in [0.15, 0.2) is 72.3 Å². The number of imide groups is 2. The molecule has 0 aromatic heterocycles. The van der Waals surface area contributed by atoms with Gasteiger partial charge in [-0.3, -0.25) is 14.9 Å². The highest BCUT2D eigenvalue weighted by atomic mass is 35.5. The standard InChI is InChI=1S/C26H21ClN2O4/c1-16-8-10-22(17(2)12-16)29-25(31)21(24(30)28-26(29)32)14-19-13-20(27)9-11-23(19)33-15-18-6-4-3-5-7-18/h3-14H,15H2,1-2H3,(H,28,30,32)/b21-14+. The van der Waals surface area contributed by atoms with Crippen molar-refractivity contribution >= 4 is 41.2 Å². The molecule has 0 spiro atoms. The molecule has 0 radical (unpaired) electrons. The number of carbonyl (C=O) groups is 3. The second-order valence-corrected chi connectivity index (χ2v) is 8.14. The van der Waals surface area contributed by atoms with Gasteiger partial charge in [-0.15, -0.1) is 0 Å². The molecule has 0 atom stereocenters. The van der Waals surface area contributed by atoms with E-state index >= 15 is 0 Å². The van der Waals surface area contributed by atoms with E-state index in [1.165, 1.54) is 6.08 Å². The first-order valence-electron chi connectivity index (χ1n) is 10.3. The van der Waals surface area contributed by atoms with Crippen molar-refractivity contribution in [2.24, 2.45) is 0 Å². The molecule has 0 saturated carbocycles. The second-order valence-electron chi connectivity index (χ2n) is 7.70. The molecule has 4 rings (SSSR count). The van der Waals surface area contributed by atoms with E-state index in [0.717, 1.165) is 21.6 Å². The Labute approximate surface area is 196 Å². The van der Waals surface area contributed by atoms with Crippen LogP contribution < -0.4 is 15.0 Å². The van der Waals surface area contributed by atoms with Gasteiger partial charge in [-0.05, 0) is 55.3 Å². The van der Waals surface area contributed by atoms with E-state index in [2.05, 4.69) is 5.32 Å². The first-order chi connectivity index (χ1) is 15.8. The first kappa shape index (κ1) is 22.3. The maximum Gasteiger partial charge on any atom is 0.335 e. The molecule has 6 nitrogen and oxygen atoms in total. The van der Waals surface area contributed by atoms with Crippen molar-refractivity contribution in [1.29, 1.82) is 0 Å². The summed E-state index contributed by atoms with van der Waals surface area (Å²) in [5.74, 6) is -1.05. The van der Waals surface area contributed by atoms with Gasteiger partial charge in [0.15, 0.2) is 0 Å². The third-order valence-corrected chi connectivity index (χ3v) is 5.44. The summed E-state index contributed by atoms with van der Waals surface area (Å²) in [4.78, 5) is 39.4. The smallest absolute Gasteiger partial charge is 0.335 e. The van der Waals surface area contributed by atoms with Gasteiger partial charge >= 0.3 is 6.03 Å². The summed E-state index contributed by atoms with van der Waals surface area (Å²) in [7, 11) is 0. The maximum absolute atomic E-state index is 13.3. The fraction of sp³-hybridized carbons (Fsp3) is 0.115. The van der Waals surface area contributed by atoms with Crippen LogP contribution in [0, 0.1) is 13.8 Å².